The average molecular weight is 926 g/mol. The molecule has 0 bridgehead atoms. The number of Topliss-reactive ketones (excluding diaryl/α,β-unsaturated/α-hetero) is 2. The first-order valence-electron chi connectivity index (χ1n) is 21.2. The molecular weight excluding hydrogens is 875 g/mol. The van der Waals surface area contributed by atoms with Gasteiger partial charge in [0.1, 0.15) is 16.2 Å². The standard InChI is InChI=1S/C25H24N2O3.C17H14BrNO3.C8H12BNO2/c1-27(2)20-9-6-17(7-10-20)21-5-3-4-19(26-21)15-24(28)25(12-13-25)18-8-11-22-23(14-18)30-16-29-22;18-16-3-1-2-12(19-16)9-15(20)17(6-7-17)11-4-5-13-14(8-11)22-10-21-13;1-10(2)8-5-3-7(4-6-8)9(11)12/h3-11,14H,12-13,15-16H2,1-2H3;1-5,8H,6-7,9-10H2;3-6,11-12H,1-2H3. The van der Waals surface area contributed by atoms with Crippen molar-refractivity contribution in [3.8, 4) is 34.3 Å². The van der Waals surface area contributed by atoms with Crippen molar-refractivity contribution in [2.75, 3.05) is 51.6 Å². The monoisotopic (exact) mass is 924 g/mol. The highest BCUT2D eigenvalue weighted by molar-refractivity contribution is 9.10. The van der Waals surface area contributed by atoms with Crippen molar-refractivity contribution in [3.05, 3.63) is 148 Å². The van der Waals surface area contributed by atoms with Crippen molar-refractivity contribution >= 4 is 51.5 Å². The molecule has 2 N–H and O–H groups in total. The topological polar surface area (TPSA) is 144 Å². The Morgan fingerprint density at radius 2 is 1.05 bits per heavy atom. The molecule has 14 heteroatoms. The van der Waals surface area contributed by atoms with Crippen LogP contribution in [0.4, 0.5) is 11.4 Å². The van der Waals surface area contributed by atoms with Crippen LogP contribution in [0.25, 0.3) is 11.3 Å². The molecule has 4 heterocycles. The molecule has 12 nitrogen and oxygen atoms in total. The summed E-state index contributed by atoms with van der Waals surface area (Å²) in [6, 6.07) is 38.6. The molecule has 0 radical (unpaired) electrons. The van der Waals surface area contributed by atoms with E-state index in [4.69, 9.17) is 34.0 Å². The number of benzene rings is 4. The van der Waals surface area contributed by atoms with Crippen LogP contribution in [-0.4, -0.2) is 80.5 Å². The van der Waals surface area contributed by atoms with Gasteiger partial charge in [0.15, 0.2) is 23.0 Å². The van der Waals surface area contributed by atoms with E-state index in [-0.39, 0.29) is 30.6 Å². The zero-order valence-electron chi connectivity index (χ0n) is 36.3. The molecule has 0 amide bonds. The van der Waals surface area contributed by atoms with Gasteiger partial charge in [-0.3, -0.25) is 14.6 Å². The third-order valence-electron chi connectivity index (χ3n) is 12.1. The van der Waals surface area contributed by atoms with Gasteiger partial charge >= 0.3 is 7.12 Å². The molecule has 0 saturated heterocycles. The Hall–Kier alpha value is -6.22. The number of ether oxygens (including phenoxy) is 4. The van der Waals surface area contributed by atoms with Crippen molar-refractivity contribution in [1.82, 2.24) is 9.97 Å². The van der Waals surface area contributed by atoms with Gasteiger partial charge in [-0.25, -0.2) is 4.98 Å². The number of ketones is 2. The normalized spacial score (nSPS) is 15.1. The van der Waals surface area contributed by atoms with Crippen molar-refractivity contribution < 1.29 is 38.6 Å². The second kappa shape index (κ2) is 18.9. The van der Waals surface area contributed by atoms with E-state index in [1.54, 1.807) is 12.1 Å². The first kappa shape index (κ1) is 44.4. The zero-order valence-corrected chi connectivity index (χ0v) is 37.9. The Kier molecular flexibility index (Phi) is 13.1. The number of rotatable bonds is 12. The van der Waals surface area contributed by atoms with Gasteiger partial charge in [-0.2, -0.15) is 0 Å². The molecule has 10 rings (SSSR count). The number of pyridine rings is 2. The number of aromatic nitrogens is 2. The molecule has 2 fully saturated rings. The Balaban J connectivity index is 0.000000144. The Morgan fingerprint density at radius 3 is 1.50 bits per heavy atom. The van der Waals surface area contributed by atoms with E-state index in [1.807, 2.05) is 118 Å². The number of hydrogen-bond donors (Lipinski definition) is 2. The van der Waals surface area contributed by atoms with Crippen LogP contribution in [0.15, 0.2) is 126 Å². The Labute approximate surface area is 382 Å². The number of nitrogens with zero attached hydrogens (tertiary/aromatic N) is 4. The maximum Gasteiger partial charge on any atom is 0.488 e. The van der Waals surface area contributed by atoms with E-state index >= 15 is 0 Å². The van der Waals surface area contributed by atoms with Crippen LogP contribution in [0.3, 0.4) is 0 Å². The first-order valence-corrected chi connectivity index (χ1v) is 22.0. The summed E-state index contributed by atoms with van der Waals surface area (Å²) >= 11 is 3.34. The number of hydrogen-bond acceptors (Lipinski definition) is 12. The molecule has 2 aliphatic heterocycles. The van der Waals surface area contributed by atoms with Crippen molar-refractivity contribution in [2.24, 2.45) is 0 Å². The fourth-order valence-electron chi connectivity index (χ4n) is 7.93. The van der Waals surface area contributed by atoms with Crippen molar-refractivity contribution in [1.29, 1.82) is 0 Å². The van der Waals surface area contributed by atoms with Crippen LogP contribution in [0.1, 0.15) is 48.2 Å². The Morgan fingerprint density at radius 1 is 0.594 bits per heavy atom. The van der Waals surface area contributed by atoms with E-state index in [0.29, 0.717) is 18.3 Å². The fraction of sp³-hybridized carbons (Fsp3) is 0.280. The van der Waals surface area contributed by atoms with Crippen molar-refractivity contribution in [2.45, 2.75) is 49.4 Å². The quantitative estimate of drug-likeness (QED) is 0.0944. The van der Waals surface area contributed by atoms with Gasteiger partial charge in [0.2, 0.25) is 13.6 Å². The van der Waals surface area contributed by atoms with Gasteiger partial charge in [-0.15, -0.1) is 0 Å². The molecular formula is C50H50BBrN4O8. The van der Waals surface area contributed by atoms with Crippen LogP contribution < -0.4 is 34.2 Å². The minimum Gasteiger partial charge on any atom is -0.454 e. The third kappa shape index (κ3) is 9.94. The molecule has 64 heavy (non-hydrogen) atoms. The molecule has 2 aliphatic carbocycles. The lowest BCUT2D eigenvalue weighted by atomic mass is 9.80. The number of anilines is 2. The molecule has 0 atom stereocenters. The van der Waals surface area contributed by atoms with E-state index in [9.17, 15) is 9.59 Å². The number of halogens is 1. The maximum atomic E-state index is 13.2. The molecule has 6 aromatic rings. The van der Waals surface area contributed by atoms with Crippen molar-refractivity contribution in [3.63, 3.8) is 0 Å². The summed E-state index contributed by atoms with van der Waals surface area (Å²) in [6.45, 7) is 0.494. The molecule has 4 aliphatic rings. The van der Waals surface area contributed by atoms with Gasteiger partial charge in [-0.05, 0) is 131 Å². The van der Waals surface area contributed by atoms with Gasteiger partial charge in [0.05, 0.1) is 16.5 Å². The predicted octanol–water partition coefficient (Wildman–Crippen LogP) is 7.24. The number of carbonyl (C=O) groups is 2. The van der Waals surface area contributed by atoms with Gasteiger partial charge in [-0.1, -0.05) is 48.5 Å². The fourth-order valence-corrected chi connectivity index (χ4v) is 8.31. The molecule has 0 unspecified atom stereocenters. The lowest BCUT2D eigenvalue weighted by molar-refractivity contribution is -0.121. The molecule has 4 aromatic carbocycles. The van der Waals surface area contributed by atoms with Crippen LogP contribution in [0.5, 0.6) is 23.0 Å². The minimum absolute atomic E-state index is 0.217. The minimum atomic E-state index is -1.37. The first-order chi connectivity index (χ1) is 30.8. The summed E-state index contributed by atoms with van der Waals surface area (Å²) in [5.41, 5.74) is 7.50. The van der Waals surface area contributed by atoms with Crippen LogP contribution in [0.2, 0.25) is 0 Å². The summed E-state index contributed by atoms with van der Waals surface area (Å²) in [6.07, 6.45) is 4.21. The summed E-state index contributed by atoms with van der Waals surface area (Å²) in [5.74, 6) is 3.40. The van der Waals surface area contributed by atoms with Crippen LogP contribution >= 0.6 is 15.9 Å². The lowest BCUT2D eigenvalue weighted by Gasteiger charge is -2.15. The lowest BCUT2D eigenvalue weighted by Crippen LogP contribution is -2.29. The third-order valence-corrected chi connectivity index (χ3v) is 12.5. The van der Waals surface area contributed by atoms with E-state index in [2.05, 4.69) is 50.1 Å². The highest BCUT2D eigenvalue weighted by atomic mass is 79.9. The van der Waals surface area contributed by atoms with E-state index in [1.165, 1.54) is 0 Å². The van der Waals surface area contributed by atoms with E-state index in [0.717, 1.165) is 98.4 Å². The highest BCUT2D eigenvalue weighted by Gasteiger charge is 2.52. The summed E-state index contributed by atoms with van der Waals surface area (Å²) in [5, 5.41) is 17.6. The van der Waals surface area contributed by atoms with Gasteiger partial charge in [0, 0.05) is 69.4 Å². The molecule has 2 aromatic heterocycles. The second-order valence-corrected chi connectivity index (χ2v) is 17.6. The maximum absolute atomic E-state index is 13.2. The summed E-state index contributed by atoms with van der Waals surface area (Å²) in [7, 11) is 6.54. The SMILES string of the molecule is CN(C)c1ccc(-c2cccc(CC(=O)C3(c4ccc5c(c4)OCO5)CC3)n2)cc1.CN(C)c1ccc(B(O)O)cc1.O=C(Cc1cccc(Br)n1)C1(c2ccc3c(c2)OCO3)CC1. The van der Waals surface area contributed by atoms with Crippen LogP contribution in [0, 0.1) is 0 Å². The van der Waals surface area contributed by atoms with Crippen LogP contribution in [-0.2, 0) is 33.3 Å². The van der Waals surface area contributed by atoms with E-state index < -0.39 is 12.5 Å². The molecule has 0 spiro atoms. The predicted molar refractivity (Wildman–Crippen MR) is 251 cm³/mol. The zero-order chi connectivity index (χ0) is 45.0. The largest absolute Gasteiger partial charge is 0.488 e. The number of carbonyl (C=O) groups excluding carboxylic acids is 2. The van der Waals surface area contributed by atoms with Gasteiger partial charge < -0.3 is 38.8 Å². The second-order valence-electron chi connectivity index (χ2n) is 16.8. The summed E-state index contributed by atoms with van der Waals surface area (Å²) < 4.78 is 22.4. The molecule has 328 valence electrons. The Bertz CT molecular complexity index is 2610. The highest BCUT2D eigenvalue weighted by Crippen LogP contribution is 2.52. The average Bonchev–Trinajstić information content (AvgIpc) is 4.19. The van der Waals surface area contributed by atoms with Gasteiger partial charge in [0.25, 0.3) is 0 Å². The number of fused-ring (bicyclic) bond motifs is 2. The smallest absolute Gasteiger partial charge is 0.454 e. The summed E-state index contributed by atoms with van der Waals surface area (Å²) in [4.78, 5) is 39.2. The molecule has 2 saturated carbocycles.